The first-order chi connectivity index (χ1) is 20.3. The minimum atomic E-state index is 0. The molecular weight excluding hydrogens is 783 g/mol. The van der Waals surface area contributed by atoms with Gasteiger partial charge in [-0.15, -0.1) is 60.7 Å². The van der Waals surface area contributed by atoms with Crippen molar-refractivity contribution in [2.75, 3.05) is 19.6 Å². The number of rotatable bonds is 3. The first kappa shape index (κ1) is 68.6. The van der Waals surface area contributed by atoms with Crippen molar-refractivity contribution < 1.29 is 40.5 Å². The van der Waals surface area contributed by atoms with E-state index in [-0.39, 0.29) is 85.1 Å². The fourth-order valence-electron chi connectivity index (χ4n) is 3.06. The summed E-state index contributed by atoms with van der Waals surface area (Å²) in [4.78, 5) is 2.38. The van der Waals surface area contributed by atoms with Gasteiger partial charge in [0, 0.05) is 40.5 Å². The van der Waals surface area contributed by atoms with Crippen molar-refractivity contribution in [3.05, 3.63) is 214 Å². The van der Waals surface area contributed by atoms with Crippen LogP contribution < -0.4 is 0 Å². The predicted octanol–water partition coefficient (Wildman–Crippen LogP) is 14.5. The van der Waals surface area contributed by atoms with Gasteiger partial charge >= 0.3 is 0 Å². The van der Waals surface area contributed by atoms with Crippen molar-refractivity contribution in [2.45, 2.75) is 65.3 Å². The maximum Gasteiger partial charge on any atom is 0 e. The standard InChI is InChI=1S/5C7H7.C6H15N.6CH4.Pd.Tc/c5*1-7-5-3-2-4-6-7;1-4-7(5-2)6-3;;;;;;;;/h5*2-6H,1H2;4-6H2,1-3H3;6*1H4;;/q5*-1;;;;;;;;;. The van der Waals surface area contributed by atoms with Crippen LogP contribution in [0, 0.1) is 34.6 Å². The first-order valence-corrected chi connectivity index (χ1v) is 14.4. The molecule has 5 aromatic carbocycles. The molecule has 0 N–H and O–H groups in total. The van der Waals surface area contributed by atoms with Crippen LogP contribution in [0.5, 0.6) is 0 Å². The van der Waals surface area contributed by atoms with Crippen molar-refractivity contribution in [1.29, 1.82) is 0 Å². The molecule has 50 heavy (non-hydrogen) atoms. The van der Waals surface area contributed by atoms with E-state index in [1.54, 1.807) is 0 Å². The Morgan fingerprint density at radius 1 is 0.320 bits per heavy atom. The summed E-state index contributed by atoms with van der Waals surface area (Å²) >= 11 is 0. The summed E-state index contributed by atoms with van der Waals surface area (Å²) in [6.45, 7) is 28.7. The van der Waals surface area contributed by atoms with Gasteiger partial charge in [-0.25, -0.2) is 0 Å². The van der Waals surface area contributed by atoms with E-state index in [1.165, 1.54) is 19.6 Å². The van der Waals surface area contributed by atoms with Gasteiger partial charge in [-0.3, -0.25) is 0 Å². The zero-order valence-electron chi connectivity index (χ0n) is 26.7. The summed E-state index contributed by atoms with van der Waals surface area (Å²) in [6.07, 6.45) is 0. The largest absolute Gasteiger partial charge is 0.304 e. The second-order valence-corrected chi connectivity index (χ2v) is 9.05. The molecule has 0 heterocycles. The van der Waals surface area contributed by atoms with E-state index in [4.69, 9.17) is 0 Å². The molecular formula is C47H74NPdTc-5. The summed E-state index contributed by atoms with van der Waals surface area (Å²) in [6, 6.07) is 49.4. The number of hydrogen-bond acceptors (Lipinski definition) is 1. The average molecular weight is 858 g/mol. The van der Waals surface area contributed by atoms with Crippen molar-refractivity contribution in [3.63, 3.8) is 0 Å². The zero-order chi connectivity index (χ0) is 31.3. The van der Waals surface area contributed by atoms with Gasteiger partial charge in [0.15, 0.2) is 0 Å². The molecule has 0 bridgehead atoms. The van der Waals surface area contributed by atoms with E-state index < -0.39 is 0 Å². The van der Waals surface area contributed by atoms with Crippen molar-refractivity contribution in [2.24, 2.45) is 0 Å². The molecule has 3 heteroatoms. The molecule has 0 amide bonds. The Balaban J connectivity index is -0.0000000558. The Labute approximate surface area is 342 Å². The van der Waals surface area contributed by atoms with E-state index >= 15 is 0 Å². The first-order valence-electron chi connectivity index (χ1n) is 14.4. The third-order valence-electron chi connectivity index (χ3n) is 5.56. The van der Waals surface area contributed by atoms with Crippen LogP contribution in [-0.4, -0.2) is 24.5 Å². The van der Waals surface area contributed by atoms with Crippen LogP contribution in [0.25, 0.3) is 0 Å². The smallest absolute Gasteiger partial charge is 0 e. The molecule has 0 aromatic heterocycles. The van der Waals surface area contributed by atoms with Crippen LogP contribution in [0.2, 0.25) is 0 Å². The second kappa shape index (κ2) is 50.1. The van der Waals surface area contributed by atoms with Crippen LogP contribution in [0.15, 0.2) is 152 Å². The maximum absolute atomic E-state index is 3.72. The van der Waals surface area contributed by atoms with Crippen LogP contribution in [0.1, 0.15) is 93.1 Å². The van der Waals surface area contributed by atoms with Gasteiger partial charge in [-0.2, -0.15) is 123 Å². The summed E-state index contributed by atoms with van der Waals surface area (Å²) in [5.74, 6) is 0. The Morgan fingerprint density at radius 3 is 0.480 bits per heavy atom. The van der Waals surface area contributed by atoms with Gasteiger partial charge in [0.05, 0.1) is 0 Å². The molecule has 0 aliphatic carbocycles. The molecule has 1 radical (unpaired) electrons. The SMILES string of the molecule is C.C.C.C.C.C.CCN(CC)CC.[CH2-]c1ccccc1.[CH2-]c1ccccc1.[CH2-]c1ccccc1.[CH2-]c1ccccc1.[CH2-]c1ccccc1.[Pd].[Tc]. The van der Waals surface area contributed by atoms with Crippen LogP contribution in [0.3, 0.4) is 0 Å². The minimum absolute atomic E-state index is 0. The monoisotopic (exact) mass is 855 g/mol. The molecule has 0 spiro atoms. The molecule has 1 nitrogen and oxygen atoms in total. The van der Waals surface area contributed by atoms with Gasteiger partial charge in [-0.05, 0) is 19.6 Å². The Hall–Kier alpha value is -3.28. The summed E-state index contributed by atoms with van der Waals surface area (Å²) in [5.41, 5.74) is 5.36. The Morgan fingerprint density at radius 2 is 0.440 bits per heavy atom. The second-order valence-electron chi connectivity index (χ2n) is 9.05. The Kier molecular flexibility index (Phi) is 68.8. The zero-order valence-corrected chi connectivity index (χ0v) is 30.1. The number of hydrogen-bond donors (Lipinski definition) is 0. The van der Waals surface area contributed by atoms with Gasteiger partial charge < -0.3 is 4.90 Å². The van der Waals surface area contributed by atoms with Crippen molar-refractivity contribution in [1.82, 2.24) is 4.90 Å². The number of nitrogens with zero attached hydrogens (tertiary/aromatic N) is 1. The predicted molar refractivity (Wildman–Crippen MR) is 228 cm³/mol. The molecule has 0 unspecified atom stereocenters. The van der Waals surface area contributed by atoms with Crippen molar-refractivity contribution >= 4 is 0 Å². The topological polar surface area (TPSA) is 3.24 Å². The van der Waals surface area contributed by atoms with E-state index in [0.29, 0.717) is 0 Å². The summed E-state index contributed by atoms with van der Waals surface area (Å²) in [7, 11) is 0. The van der Waals surface area contributed by atoms with E-state index in [9.17, 15) is 0 Å². The van der Waals surface area contributed by atoms with Gasteiger partial charge in [0.25, 0.3) is 0 Å². The van der Waals surface area contributed by atoms with Gasteiger partial charge in [0.1, 0.15) is 0 Å². The fourth-order valence-corrected chi connectivity index (χ4v) is 3.06. The van der Waals surface area contributed by atoms with E-state index in [2.05, 4.69) is 60.3 Å². The van der Waals surface area contributed by atoms with Crippen LogP contribution in [0.4, 0.5) is 0 Å². The third kappa shape index (κ3) is 46.8. The molecule has 0 saturated heterocycles. The number of benzene rings is 5. The molecule has 5 aromatic rings. The van der Waals surface area contributed by atoms with Crippen molar-refractivity contribution in [3.8, 4) is 0 Å². The molecule has 5 rings (SSSR count). The molecule has 289 valence electrons. The minimum Gasteiger partial charge on any atom is -0.304 e. The summed E-state index contributed by atoms with van der Waals surface area (Å²) in [5, 5.41) is 0. The normalized spacial score (nSPS) is 7.44. The van der Waals surface area contributed by atoms with Gasteiger partial charge in [-0.1, -0.05) is 95.7 Å². The van der Waals surface area contributed by atoms with Gasteiger partial charge in [0.2, 0.25) is 0 Å². The summed E-state index contributed by atoms with van der Waals surface area (Å²) < 4.78 is 0. The third-order valence-corrected chi connectivity index (χ3v) is 5.56. The molecule has 0 atom stereocenters. The quantitative estimate of drug-likeness (QED) is 0.129. The molecule has 0 fully saturated rings. The maximum atomic E-state index is 3.72. The van der Waals surface area contributed by atoms with E-state index in [0.717, 1.165) is 27.8 Å². The van der Waals surface area contributed by atoms with Crippen LogP contribution >= 0.6 is 0 Å². The fraction of sp³-hybridized carbons (Fsp3) is 0.255. The molecule has 0 saturated carbocycles. The molecule has 0 aliphatic heterocycles. The molecule has 0 aliphatic rings. The Bertz CT molecular complexity index is 976. The van der Waals surface area contributed by atoms with E-state index in [1.807, 2.05) is 152 Å². The van der Waals surface area contributed by atoms with Crippen LogP contribution in [-0.2, 0) is 40.5 Å². The average Bonchev–Trinajstić information content (AvgIpc) is 3.02.